The van der Waals surface area contributed by atoms with E-state index >= 15 is 0 Å². The number of hydrogen-bond acceptors (Lipinski definition) is 3. The third-order valence-electron chi connectivity index (χ3n) is 1.75. The largest absolute Gasteiger partial charge is 0.479 e. The molecular weight excluding hydrogens is 220 g/mol. The summed E-state index contributed by atoms with van der Waals surface area (Å²) in [5.41, 5.74) is 0.232. The average molecular weight is 229 g/mol. The number of carbonyl (C=O) groups excluding carboxylic acids is 1. The van der Waals surface area contributed by atoms with Gasteiger partial charge in [-0.2, -0.15) is 0 Å². The first-order valence-corrected chi connectivity index (χ1v) is 4.56. The van der Waals surface area contributed by atoms with Crippen LogP contribution in [0.25, 0.3) is 0 Å². The number of rotatable bonds is 4. The summed E-state index contributed by atoms with van der Waals surface area (Å²) in [5.74, 6) is -0.883. The number of aliphatic carboxylic acids is 1. The van der Waals surface area contributed by atoms with Crippen molar-refractivity contribution >= 4 is 23.9 Å². The Hall–Kier alpha value is -1.55. The molecule has 80 valence electrons. The van der Waals surface area contributed by atoms with Crippen molar-refractivity contribution in [1.82, 2.24) is 0 Å². The Balaban J connectivity index is 2.94. The molecule has 0 heterocycles. The summed E-state index contributed by atoms with van der Waals surface area (Å²) in [6.45, 7) is 1.38. The zero-order valence-electron chi connectivity index (χ0n) is 7.94. The van der Waals surface area contributed by atoms with Crippen LogP contribution in [0.5, 0.6) is 5.75 Å². The van der Waals surface area contributed by atoms with Crippen LogP contribution in [0.15, 0.2) is 18.2 Å². The predicted octanol–water partition coefficient (Wildman–Crippen LogP) is 2.00. The number of ether oxygens (including phenoxy) is 1. The maximum Gasteiger partial charge on any atom is 0.344 e. The van der Waals surface area contributed by atoms with E-state index < -0.39 is 12.1 Å². The van der Waals surface area contributed by atoms with Gasteiger partial charge < -0.3 is 9.84 Å². The van der Waals surface area contributed by atoms with Crippen molar-refractivity contribution in [2.24, 2.45) is 0 Å². The lowest BCUT2D eigenvalue weighted by atomic mass is 10.2. The van der Waals surface area contributed by atoms with Crippen molar-refractivity contribution in [2.75, 3.05) is 0 Å². The zero-order chi connectivity index (χ0) is 11.4. The van der Waals surface area contributed by atoms with Crippen LogP contribution < -0.4 is 4.74 Å². The van der Waals surface area contributed by atoms with Crippen molar-refractivity contribution < 1.29 is 19.4 Å². The van der Waals surface area contributed by atoms with E-state index in [1.807, 2.05) is 0 Å². The lowest BCUT2D eigenvalue weighted by molar-refractivity contribution is -0.144. The molecule has 1 N–H and O–H groups in total. The van der Waals surface area contributed by atoms with E-state index in [2.05, 4.69) is 0 Å². The summed E-state index contributed by atoms with van der Waals surface area (Å²) in [4.78, 5) is 21.2. The minimum Gasteiger partial charge on any atom is -0.479 e. The van der Waals surface area contributed by atoms with Crippen LogP contribution >= 0.6 is 11.6 Å². The first kappa shape index (κ1) is 11.5. The van der Waals surface area contributed by atoms with Gasteiger partial charge in [0, 0.05) is 5.02 Å². The monoisotopic (exact) mass is 228 g/mol. The molecule has 0 bridgehead atoms. The van der Waals surface area contributed by atoms with Gasteiger partial charge in [-0.1, -0.05) is 11.6 Å². The van der Waals surface area contributed by atoms with Crippen molar-refractivity contribution in [3.8, 4) is 5.75 Å². The van der Waals surface area contributed by atoms with E-state index in [0.717, 1.165) is 0 Å². The van der Waals surface area contributed by atoms with Gasteiger partial charge in [0.15, 0.2) is 12.4 Å². The number of carbonyl (C=O) groups is 2. The molecule has 15 heavy (non-hydrogen) atoms. The average Bonchev–Trinajstić information content (AvgIpc) is 2.20. The minimum atomic E-state index is -1.10. The Morgan fingerprint density at radius 1 is 1.60 bits per heavy atom. The Labute approximate surface area is 91.4 Å². The van der Waals surface area contributed by atoms with Gasteiger partial charge in [-0.15, -0.1) is 0 Å². The van der Waals surface area contributed by atoms with Gasteiger partial charge in [0.1, 0.15) is 5.75 Å². The number of hydrogen-bond donors (Lipinski definition) is 1. The summed E-state index contributed by atoms with van der Waals surface area (Å²) in [5, 5.41) is 9.02. The topological polar surface area (TPSA) is 63.6 Å². The van der Waals surface area contributed by atoms with Gasteiger partial charge in [0.25, 0.3) is 0 Å². The Bertz CT molecular complexity index is 389. The van der Waals surface area contributed by atoms with E-state index in [4.69, 9.17) is 21.4 Å². The Morgan fingerprint density at radius 2 is 2.27 bits per heavy atom. The van der Waals surface area contributed by atoms with Crippen LogP contribution in [0, 0.1) is 0 Å². The number of halogens is 1. The standard InChI is InChI=1S/C10H9ClO4/c1-6(10(13)14)15-9-3-2-8(11)4-7(9)5-12/h2-6H,1H3,(H,13,14)/t6-/m0/s1. The third kappa shape index (κ3) is 2.95. The Kier molecular flexibility index (Phi) is 3.68. The van der Waals surface area contributed by atoms with Crippen molar-refractivity contribution in [1.29, 1.82) is 0 Å². The minimum absolute atomic E-state index is 0.212. The van der Waals surface area contributed by atoms with E-state index in [1.165, 1.54) is 25.1 Å². The molecule has 1 aromatic rings. The molecular formula is C10H9ClO4. The lowest BCUT2D eigenvalue weighted by Crippen LogP contribution is -2.23. The van der Waals surface area contributed by atoms with Gasteiger partial charge in [0.2, 0.25) is 0 Å². The van der Waals surface area contributed by atoms with Gasteiger partial charge in [-0.25, -0.2) is 4.79 Å². The molecule has 0 saturated heterocycles. The first-order valence-electron chi connectivity index (χ1n) is 4.18. The smallest absolute Gasteiger partial charge is 0.344 e. The molecule has 0 aliphatic carbocycles. The highest BCUT2D eigenvalue weighted by molar-refractivity contribution is 6.30. The molecule has 0 amide bonds. The molecule has 4 nitrogen and oxygen atoms in total. The normalized spacial score (nSPS) is 11.9. The van der Waals surface area contributed by atoms with Crippen molar-refractivity contribution in [3.05, 3.63) is 28.8 Å². The quantitative estimate of drug-likeness (QED) is 0.801. The highest BCUT2D eigenvalue weighted by atomic mass is 35.5. The van der Waals surface area contributed by atoms with Gasteiger partial charge in [-0.3, -0.25) is 4.79 Å². The number of carboxylic acid groups (broad SMARTS) is 1. The summed E-state index contributed by atoms with van der Waals surface area (Å²) in [6, 6.07) is 4.41. The Morgan fingerprint density at radius 3 is 2.80 bits per heavy atom. The molecule has 5 heteroatoms. The van der Waals surface area contributed by atoms with Crippen LogP contribution in [-0.4, -0.2) is 23.5 Å². The molecule has 0 aromatic heterocycles. The first-order chi connectivity index (χ1) is 7.04. The summed E-state index contributed by atoms with van der Waals surface area (Å²) in [6.07, 6.45) is -0.444. The summed E-state index contributed by atoms with van der Waals surface area (Å²) < 4.78 is 5.06. The van der Waals surface area contributed by atoms with Crippen LogP contribution in [0.2, 0.25) is 5.02 Å². The lowest BCUT2D eigenvalue weighted by Gasteiger charge is -2.11. The van der Waals surface area contributed by atoms with Crippen LogP contribution in [0.1, 0.15) is 17.3 Å². The van der Waals surface area contributed by atoms with Crippen LogP contribution in [0.4, 0.5) is 0 Å². The number of carboxylic acids is 1. The third-order valence-corrected chi connectivity index (χ3v) is 1.99. The number of aldehydes is 1. The van der Waals surface area contributed by atoms with E-state index in [9.17, 15) is 9.59 Å². The van der Waals surface area contributed by atoms with Crippen molar-refractivity contribution in [2.45, 2.75) is 13.0 Å². The highest BCUT2D eigenvalue weighted by Gasteiger charge is 2.14. The van der Waals surface area contributed by atoms with Crippen LogP contribution in [-0.2, 0) is 4.79 Å². The predicted molar refractivity (Wildman–Crippen MR) is 54.6 cm³/mol. The number of benzene rings is 1. The molecule has 0 fully saturated rings. The van der Waals surface area contributed by atoms with E-state index in [0.29, 0.717) is 11.3 Å². The fraction of sp³-hybridized carbons (Fsp3) is 0.200. The molecule has 0 aliphatic heterocycles. The summed E-state index contributed by atoms with van der Waals surface area (Å²) in [7, 11) is 0. The molecule has 1 rings (SSSR count). The molecule has 0 saturated carbocycles. The molecule has 1 atom stereocenters. The molecule has 0 unspecified atom stereocenters. The molecule has 0 aliphatic rings. The second-order valence-electron chi connectivity index (χ2n) is 2.90. The zero-order valence-corrected chi connectivity index (χ0v) is 8.69. The van der Waals surface area contributed by atoms with E-state index in [1.54, 1.807) is 0 Å². The van der Waals surface area contributed by atoms with Crippen LogP contribution in [0.3, 0.4) is 0 Å². The van der Waals surface area contributed by atoms with Gasteiger partial charge in [0.05, 0.1) is 5.56 Å². The SMILES string of the molecule is C[C@H](Oc1ccc(Cl)cc1C=O)C(=O)O. The second-order valence-corrected chi connectivity index (χ2v) is 3.33. The van der Waals surface area contributed by atoms with Gasteiger partial charge >= 0.3 is 5.97 Å². The maximum absolute atomic E-state index is 10.6. The second kappa shape index (κ2) is 4.79. The fourth-order valence-corrected chi connectivity index (χ4v) is 1.14. The summed E-state index contributed by atoms with van der Waals surface area (Å²) >= 11 is 5.66. The highest BCUT2D eigenvalue weighted by Crippen LogP contribution is 2.22. The molecule has 0 radical (unpaired) electrons. The molecule has 1 aromatic carbocycles. The molecule has 0 spiro atoms. The van der Waals surface area contributed by atoms with E-state index in [-0.39, 0.29) is 11.3 Å². The van der Waals surface area contributed by atoms with Crippen molar-refractivity contribution in [3.63, 3.8) is 0 Å². The van der Waals surface area contributed by atoms with Gasteiger partial charge in [-0.05, 0) is 25.1 Å². The maximum atomic E-state index is 10.6. The fourth-order valence-electron chi connectivity index (χ4n) is 0.960.